The minimum Gasteiger partial charge on any atom is -0.461 e. The van der Waals surface area contributed by atoms with Gasteiger partial charge in [0.15, 0.2) is 0 Å². The Hall–Kier alpha value is -0.830. The van der Waals surface area contributed by atoms with E-state index in [0.29, 0.717) is 12.5 Å². The lowest BCUT2D eigenvalue weighted by Crippen LogP contribution is -2.09. The SMILES string of the molecule is Cc1ccsc1C(=O)OCC(C)C. The smallest absolute Gasteiger partial charge is 0.348 e. The van der Waals surface area contributed by atoms with Gasteiger partial charge >= 0.3 is 5.97 Å². The van der Waals surface area contributed by atoms with E-state index in [1.165, 1.54) is 11.3 Å². The van der Waals surface area contributed by atoms with Crippen molar-refractivity contribution in [1.82, 2.24) is 0 Å². The second-order valence-corrected chi connectivity index (χ2v) is 4.34. The fourth-order valence-electron chi connectivity index (χ4n) is 0.890. The quantitative estimate of drug-likeness (QED) is 0.698. The Morgan fingerprint density at radius 2 is 2.31 bits per heavy atom. The third-order valence-corrected chi connectivity index (χ3v) is 2.59. The lowest BCUT2D eigenvalue weighted by Gasteiger charge is -2.05. The van der Waals surface area contributed by atoms with Crippen LogP contribution in [0.5, 0.6) is 0 Å². The van der Waals surface area contributed by atoms with Crippen molar-refractivity contribution in [2.75, 3.05) is 6.61 Å². The number of hydrogen-bond acceptors (Lipinski definition) is 3. The van der Waals surface area contributed by atoms with Gasteiger partial charge in [-0.2, -0.15) is 0 Å². The van der Waals surface area contributed by atoms with E-state index in [1.54, 1.807) is 0 Å². The number of ether oxygens (including phenoxy) is 1. The van der Waals surface area contributed by atoms with Gasteiger partial charge in [0.05, 0.1) is 6.61 Å². The molecule has 1 aromatic heterocycles. The fraction of sp³-hybridized carbons (Fsp3) is 0.500. The Morgan fingerprint density at radius 3 is 2.77 bits per heavy atom. The molecule has 0 aromatic carbocycles. The van der Waals surface area contributed by atoms with Gasteiger partial charge in [0.25, 0.3) is 0 Å². The summed E-state index contributed by atoms with van der Waals surface area (Å²) < 4.78 is 5.10. The molecular weight excluding hydrogens is 184 g/mol. The van der Waals surface area contributed by atoms with E-state index in [1.807, 2.05) is 32.2 Å². The topological polar surface area (TPSA) is 26.3 Å². The van der Waals surface area contributed by atoms with Crippen LogP contribution in [-0.4, -0.2) is 12.6 Å². The molecule has 0 radical (unpaired) electrons. The van der Waals surface area contributed by atoms with Gasteiger partial charge in [-0.05, 0) is 29.9 Å². The van der Waals surface area contributed by atoms with Crippen LogP contribution in [0.4, 0.5) is 0 Å². The molecule has 0 aliphatic rings. The van der Waals surface area contributed by atoms with Gasteiger partial charge in [0.2, 0.25) is 0 Å². The number of carbonyl (C=O) groups excluding carboxylic acids is 1. The lowest BCUT2D eigenvalue weighted by atomic mass is 10.2. The van der Waals surface area contributed by atoms with Gasteiger partial charge in [-0.3, -0.25) is 0 Å². The Morgan fingerprint density at radius 1 is 1.62 bits per heavy atom. The van der Waals surface area contributed by atoms with E-state index < -0.39 is 0 Å². The first-order valence-corrected chi connectivity index (χ1v) is 5.20. The first-order chi connectivity index (χ1) is 6.11. The third kappa shape index (κ3) is 2.84. The van der Waals surface area contributed by atoms with E-state index in [9.17, 15) is 4.79 Å². The summed E-state index contributed by atoms with van der Waals surface area (Å²) in [5, 5.41) is 1.90. The normalized spacial score (nSPS) is 10.5. The molecule has 0 fully saturated rings. The van der Waals surface area contributed by atoms with Gasteiger partial charge in [0.1, 0.15) is 4.88 Å². The summed E-state index contributed by atoms with van der Waals surface area (Å²) in [5.41, 5.74) is 0.999. The van der Waals surface area contributed by atoms with Crippen molar-refractivity contribution >= 4 is 17.3 Å². The molecule has 0 amide bonds. The molecule has 2 nitrogen and oxygen atoms in total. The van der Waals surface area contributed by atoms with E-state index in [-0.39, 0.29) is 5.97 Å². The van der Waals surface area contributed by atoms with Gasteiger partial charge < -0.3 is 4.74 Å². The zero-order chi connectivity index (χ0) is 9.84. The van der Waals surface area contributed by atoms with Crippen LogP contribution in [0.15, 0.2) is 11.4 Å². The maximum Gasteiger partial charge on any atom is 0.348 e. The van der Waals surface area contributed by atoms with E-state index >= 15 is 0 Å². The minimum atomic E-state index is -0.193. The Bertz CT molecular complexity index is 289. The summed E-state index contributed by atoms with van der Waals surface area (Å²) in [6, 6.07) is 1.93. The number of esters is 1. The molecule has 1 heterocycles. The fourth-order valence-corrected chi connectivity index (χ4v) is 1.71. The molecule has 0 saturated heterocycles. The van der Waals surface area contributed by atoms with Crippen molar-refractivity contribution in [1.29, 1.82) is 0 Å². The van der Waals surface area contributed by atoms with Crippen molar-refractivity contribution < 1.29 is 9.53 Å². The molecule has 0 saturated carbocycles. The number of aryl methyl sites for hydroxylation is 1. The highest BCUT2D eigenvalue weighted by molar-refractivity contribution is 7.12. The average Bonchev–Trinajstić information content (AvgIpc) is 2.47. The van der Waals surface area contributed by atoms with Crippen molar-refractivity contribution in [2.24, 2.45) is 5.92 Å². The molecule has 0 bridgehead atoms. The van der Waals surface area contributed by atoms with Crippen LogP contribution < -0.4 is 0 Å². The molecule has 1 rings (SSSR count). The number of rotatable bonds is 3. The monoisotopic (exact) mass is 198 g/mol. The molecule has 0 N–H and O–H groups in total. The van der Waals surface area contributed by atoms with Crippen molar-refractivity contribution in [2.45, 2.75) is 20.8 Å². The lowest BCUT2D eigenvalue weighted by molar-refractivity contribution is 0.0464. The zero-order valence-corrected chi connectivity index (χ0v) is 8.98. The van der Waals surface area contributed by atoms with E-state index in [2.05, 4.69) is 0 Å². The molecular formula is C10H14O2S. The van der Waals surface area contributed by atoms with Crippen LogP contribution in [0, 0.1) is 12.8 Å². The molecule has 13 heavy (non-hydrogen) atoms. The van der Waals surface area contributed by atoms with Crippen molar-refractivity contribution in [3.63, 3.8) is 0 Å². The van der Waals surface area contributed by atoms with Crippen LogP contribution in [0.3, 0.4) is 0 Å². The van der Waals surface area contributed by atoms with Crippen LogP contribution in [0.25, 0.3) is 0 Å². The molecule has 0 atom stereocenters. The van der Waals surface area contributed by atoms with Gasteiger partial charge in [0, 0.05) is 0 Å². The Balaban J connectivity index is 2.54. The standard InChI is InChI=1S/C10H14O2S/c1-7(2)6-12-10(11)9-8(3)4-5-13-9/h4-5,7H,6H2,1-3H3. The first-order valence-electron chi connectivity index (χ1n) is 4.32. The number of carbonyl (C=O) groups is 1. The Kier molecular flexibility index (Phi) is 3.48. The number of thiophene rings is 1. The summed E-state index contributed by atoms with van der Waals surface area (Å²) >= 11 is 1.43. The largest absolute Gasteiger partial charge is 0.461 e. The van der Waals surface area contributed by atoms with Gasteiger partial charge in [-0.15, -0.1) is 11.3 Å². The van der Waals surface area contributed by atoms with Crippen molar-refractivity contribution in [3.05, 3.63) is 21.9 Å². The van der Waals surface area contributed by atoms with E-state index in [0.717, 1.165) is 10.4 Å². The summed E-state index contributed by atoms with van der Waals surface area (Å²) in [6.07, 6.45) is 0. The highest BCUT2D eigenvalue weighted by Gasteiger charge is 2.11. The molecule has 0 aliphatic heterocycles. The van der Waals surface area contributed by atoms with Crippen molar-refractivity contribution in [3.8, 4) is 0 Å². The van der Waals surface area contributed by atoms with Gasteiger partial charge in [-0.25, -0.2) is 4.79 Å². The first kappa shape index (κ1) is 10.3. The minimum absolute atomic E-state index is 0.193. The summed E-state index contributed by atoms with van der Waals surface area (Å²) in [4.78, 5) is 12.1. The zero-order valence-electron chi connectivity index (χ0n) is 8.16. The highest BCUT2D eigenvalue weighted by atomic mass is 32.1. The summed E-state index contributed by atoms with van der Waals surface area (Å²) in [6.45, 7) is 6.46. The van der Waals surface area contributed by atoms with Crippen LogP contribution in [0.2, 0.25) is 0 Å². The second-order valence-electron chi connectivity index (χ2n) is 3.43. The predicted molar refractivity (Wildman–Crippen MR) is 54.2 cm³/mol. The average molecular weight is 198 g/mol. The summed E-state index contributed by atoms with van der Waals surface area (Å²) in [7, 11) is 0. The molecule has 0 unspecified atom stereocenters. The molecule has 3 heteroatoms. The van der Waals surface area contributed by atoms with Crippen LogP contribution in [0.1, 0.15) is 29.1 Å². The highest BCUT2D eigenvalue weighted by Crippen LogP contribution is 2.16. The van der Waals surface area contributed by atoms with Crippen LogP contribution in [-0.2, 0) is 4.74 Å². The maximum atomic E-state index is 11.4. The third-order valence-electron chi connectivity index (χ3n) is 1.60. The molecule has 0 spiro atoms. The molecule has 0 aliphatic carbocycles. The second kappa shape index (κ2) is 4.42. The summed E-state index contributed by atoms with van der Waals surface area (Å²) in [5.74, 6) is 0.199. The van der Waals surface area contributed by atoms with Crippen LogP contribution >= 0.6 is 11.3 Å². The maximum absolute atomic E-state index is 11.4. The predicted octanol–water partition coefficient (Wildman–Crippen LogP) is 2.87. The van der Waals surface area contributed by atoms with E-state index in [4.69, 9.17) is 4.74 Å². The van der Waals surface area contributed by atoms with Gasteiger partial charge in [-0.1, -0.05) is 13.8 Å². The molecule has 1 aromatic rings. The number of hydrogen-bond donors (Lipinski definition) is 0. The Labute approximate surface area is 82.5 Å². The molecule has 72 valence electrons.